The van der Waals surface area contributed by atoms with Crippen LogP contribution < -0.4 is 5.32 Å². The second-order valence-corrected chi connectivity index (χ2v) is 10.7. The van der Waals surface area contributed by atoms with Crippen LogP contribution in [0, 0.1) is 11.8 Å². The number of aromatic amines is 1. The Labute approximate surface area is 175 Å². The first-order valence-corrected chi connectivity index (χ1v) is 10.9. The molecule has 0 aliphatic heterocycles. The summed E-state index contributed by atoms with van der Waals surface area (Å²) in [6.07, 6.45) is -8.25. The van der Waals surface area contributed by atoms with Crippen LogP contribution in [0.25, 0.3) is 0 Å². The number of hydrogen-bond acceptors (Lipinski definition) is 4. The zero-order valence-electron chi connectivity index (χ0n) is 16.6. The molecule has 1 heterocycles. The van der Waals surface area contributed by atoms with E-state index in [2.05, 4.69) is 10.4 Å². The summed E-state index contributed by atoms with van der Waals surface area (Å²) < 4.78 is 101. The van der Waals surface area contributed by atoms with Crippen LogP contribution in [0.1, 0.15) is 37.9 Å². The smallest absolute Gasteiger partial charge is 0.368 e. The van der Waals surface area contributed by atoms with E-state index in [0.29, 0.717) is 25.5 Å². The van der Waals surface area contributed by atoms with E-state index in [1.807, 2.05) is 5.10 Å². The lowest BCUT2D eigenvalue weighted by atomic mass is 9.69. The summed E-state index contributed by atoms with van der Waals surface area (Å²) in [5.41, 5.74) is -2.01. The Kier molecular flexibility index (Phi) is 5.83. The van der Waals surface area contributed by atoms with E-state index in [-0.39, 0.29) is 22.5 Å². The number of anilines is 1. The van der Waals surface area contributed by atoms with E-state index >= 15 is 0 Å². The number of H-pyrrole nitrogens is 1. The van der Waals surface area contributed by atoms with Crippen molar-refractivity contribution in [3.8, 4) is 0 Å². The highest BCUT2D eigenvalue weighted by molar-refractivity contribution is 7.92. The molecule has 0 bridgehead atoms. The Hall–Kier alpha value is -2.24. The fourth-order valence-electron chi connectivity index (χ4n) is 3.64. The van der Waals surface area contributed by atoms with Gasteiger partial charge >= 0.3 is 12.4 Å². The largest absolute Gasteiger partial charge is 0.432 e. The van der Waals surface area contributed by atoms with E-state index < -0.39 is 38.2 Å². The highest BCUT2D eigenvalue weighted by atomic mass is 32.2. The minimum atomic E-state index is -4.65. The fourth-order valence-corrected chi connectivity index (χ4v) is 5.42. The molecule has 0 unspecified atom stereocenters. The third kappa shape index (κ3) is 4.68. The molecule has 0 saturated heterocycles. The summed E-state index contributed by atoms with van der Waals surface area (Å²) in [4.78, 5) is -0.384. The first-order chi connectivity index (χ1) is 14.1. The van der Waals surface area contributed by atoms with E-state index in [1.165, 1.54) is 13.8 Å². The minimum absolute atomic E-state index is 0.00650. The van der Waals surface area contributed by atoms with E-state index in [1.54, 1.807) is 0 Å². The van der Waals surface area contributed by atoms with Crippen molar-refractivity contribution >= 4 is 15.7 Å². The third-order valence-corrected chi connectivity index (χ3v) is 8.43. The Morgan fingerprint density at radius 2 is 1.71 bits per heavy atom. The molecule has 0 spiro atoms. The molecule has 1 aliphatic rings. The van der Waals surface area contributed by atoms with E-state index in [0.717, 1.165) is 24.3 Å². The highest BCUT2D eigenvalue weighted by Gasteiger charge is 2.48. The van der Waals surface area contributed by atoms with Crippen molar-refractivity contribution in [1.29, 1.82) is 0 Å². The number of nitrogens with zero attached hydrogens (tertiary/aromatic N) is 1. The van der Waals surface area contributed by atoms with Crippen LogP contribution in [0.15, 0.2) is 35.2 Å². The van der Waals surface area contributed by atoms with Crippen molar-refractivity contribution in [3.05, 3.63) is 41.6 Å². The van der Waals surface area contributed by atoms with Crippen molar-refractivity contribution in [2.45, 2.75) is 48.7 Å². The fraction of sp³-hybridized carbons (Fsp3) is 0.526. The lowest BCUT2D eigenvalue weighted by Gasteiger charge is -2.45. The zero-order chi connectivity index (χ0) is 23.2. The molecular weight excluding hydrogens is 448 g/mol. The van der Waals surface area contributed by atoms with E-state index in [4.69, 9.17) is 0 Å². The molecular formula is C19H21F6N3O2S. The quantitative estimate of drug-likeness (QED) is 0.575. The number of aromatic nitrogens is 2. The Balaban J connectivity index is 1.63. The van der Waals surface area contributed by atoms with Crippen LogP contribution in [-0.4, -0.2) is 29.9 Å². The molecule has 2 aromatic rings. The molecule has 31 heavy (non-hydrogen) atoms. The summed E-state index contributed by atoms with van der Waals surface area (Å²) in [6.45, 7) is 3.28. The van der Waals surface area contributed by atoms with Crippen LogP contribution in [0.4, 0.5) is 32.2 Å². The van der Waals surface area contributed by atoms with Crippen molar-refractivity contribution < 1.29 is 34.8 Å². The molecule has 172 valence electrons. The van der Waals surface area contributed by atoms with Gasteiger partial charge in [-0.15, -0.1) is 0 Å². The maximum Gasteiger partial charge on any atom is 0.432 e. The third-order valence-electron chi connectivity index (χ3n) is 5.84. The predicted molar refractivity (Wildman–Crippen MR) is 101 cm³/mol. The lowest BCUT2D eigenvalue weighted by Crippen LogP contribution is -2.47. The molecule has 0 atom stereocenters. The van der Waals surface area contributed by atoms with Crippen LogP contribution in [0.5, 0.6) is 0 Å². The van der Waals surface area contributed by atoms with Gasteiger partial charge in [0.25, 0.3) is 0 Å². The first kappa shape index (κ1) is 23.4. The monoisotopic (exact) mass is 469 g/mol. The molecule has 1 aromatic carbocycles. The number of hydrogen-bond donors (Lipinski definition) is 2. The minimum Gasteiger partial charge on any atom is -0.368 e. The second-order valence-electron chi connectivity index (χ2n) is 8.21. The van der Waals surface area contributed by atoms with Gasteiger partial charge in [0.1, 0.15) is 11.5 Å². The summed E-state index contributed by atoms with van der Waals surface area (Å²) in [6, 6.07) is 4.53. The number of rotatable bonds is 6. The summed E-state index contributed by atoms with van der Waals surface area (Å²) in [7, 11) is -4.05. The molecule has 3 rings (SSSR count). The average Bonchev–Trinajstić information content (AvgIpc) is 3.09. The molecule has 5 nitrogen and oxygen atoms in total. The van der Waals surface area contributed by atoms with E-state index in [9.17, 15) is 34.8 Å². The number of nitrogens with one attached hydrogen (secondary N) is 2. The molecule has 0 amide bonds. The van der Waals surface area contributed by atoms with Gasteiger partial charge in [-0.05, 0) is 56.7 Å². The summed E-state index contributed by atoms with van der Waals surface area (Å²) in [5.74, 6) is -0.262. The number of sulfone groups is 1. The van der Waals surface area contributed by atoms with Gasteiger partial charge in [0.05, 0.1) is 15.2 Å². The Bertz CT molecular complexity index is 1040. The lowest BCUT2D eigenvalue weighted by molar-refractivity contribution is -0.141. The molecule has 1 aliphatic carbocycles. The van der Waals surface area contributed by atoms with Crippen molar-refractivity contribution in [2.24, 2.45) is 11.8 Å². The number of halogens is 6. The molecule has 2 N–H and O–H groups in total. The van der Waals surface area contributed by atoms with Crippen LogP contribution in [-0.2, 0) is 22.2 Å². The molecule has 1 saturated carbocycles. The second kappa shape index (κ2) is 7.72. The van der Waals surface area contributed by atoms with Gasteiger partial charge in [0.2, 0.25) is 0 Å². The van der Waals surface area contributed by atoms with Crippen molar-refractivity contribution in [2.75, 3.05) is 11.9 Å². The first-order valence-electron chi connectivity index (χ1n) is 9.40. The molecule has 12 heteroatoms. The van der Waals surface area contributed by atoms with Gasteiger partial charge < -0.3 is 5.32 Å². The Morgan fingerprint density at radius 3 is 2.26 bits per heavy atom. The summed E-state index contributed by atoms with van der Waals surface area (Å²) in [5, 5.41) is 8.23. The highest BCUT2D eigenvalue weighted by Crippen LogP contribution is 2.46. The SMILES string of the molecule is CC(C)(C1CC(CNc2cc(C(F)(F)F)[nH]n2)C1)S(=O)(=O)c1cccc(C(F)(F)F)c1. The van der Waals surface area contributed by atoms with Crippen molar-refractivity contribution in [3.63, 3.8) is 0 Å². The number of benzene rings is 1. The number of alkyl halides is 6. The van der Waals surface area contributed by atoms with Gasteiger partial charge in [-0.1, -0.05) is 6.07 Å². The zero-order valence-corrected chi connectivity index (χ0v) is 17.4. The van der Waals surface area contributed by atoms with Gasteiger partial charge in [-0.25, -0.2) is 8.42 Å². The molecule has 0 radical (unpaired) electrons. The van der Waals surface area contributed by atoms with Crippen LogP contribution in [0.2, 0.25) is 0 Å². The van der Waals surface area contributed by atoms with Gasteiger partial charge in [-0.3, -0.25) is 5.10 Å². The van der Waals surface area contributed by atoms with Crippen LogP contribution in [0.3, 0.4) is 0 Å². The topological polar surface area (TPSA) is 74.8 Å². The Morgan fingerprint density at radius 1 is 1.06 bits per heavy atom. The average molecular weight is 469 g/mol. The molecule has 1 fully saturated rings. The van der Waals surface area contributed by atoms with Gasteiger partial charge in [-0.2, -0.15) is 31.4 Å². The molecule has 1 aromatic heterocycles. The van der Waals surface area contributed by atoms with Crippen LogP contribution >= 0.6 is 0 Å². The predicted octanol–water partition coefficient (Wildman–Crippen LogP) is 5.14. The normalized spacial score (nSPS) is 20.4. The van der Waals surface area contributed by atoms with Crippen molar-refractivity contribution in [1.82, 2.24) is 10.2 Å². The van der Waals surface area contributed by atoms with Gasteiger partial charge in [0.15, 0.2) is 9.84 Å². The maximum absolute atomic E-state index is 13.0. The van der Waals surface area contributed by atoms with Gasteiger partial charge in [0, 0.05) is 12.6 Å². The maximum atomic E-state index is 13.0. The summed E-state index contributed by atoms with van der Waals surface area (Å²) >= 11 is 0. The standard InChI is InChI=1S/C19H21F6N3O2S/c1-17(2,31(29,30)14-5-3-4-12(8-14)18(20,21)22)13-6-11(7-13)10-26-16-9-15(27-28-16)19(23,24)25/h3-5,8-9,11,13H,6-7,10H2,1-2H3,(H2,26,27,28).